The number of carbonyl (C=O) groups is 2. The monoisotopic (exact) mass is 420 g/mol. The lowest BCUT2D eigenvalue weighted by Gasteiger charge is -2.29. The molecule has 0 spiro atoms. The second-order valence-corrected chi connectivity index (χ2v) is 6.91. The van der Waals surface area contributed by atoms with Crippen LogP contribution in [-0.2, 0) is 22.4 Å². The Balaban J connectivity index is 1.60. The minimum absolute atomic E-state index is 0.0572. The summed E-state index contributed by atoms with van der Waals surface area (Å²) in [7, 11) is 0. The van der Waals surface area contributed by atoms with E-state index in [0.29, 0.717) is 6.54 Å². The van der Waals surface area contributed by atoms with Gasteiger partial charge in [0.25, 0.3) is 5.56 Å². The summed E-state index contributed by atoms with van der Waals surface area (Å²) in [6.07, 6.45) is 3.98. The van der Waals surface area contributed by atoms with E-state index >= 15 is 0 Å². The van der Waals surface area contributed by atoms with Gasteiger partial charge < -0.3 is 20.3 Å². The van der Waals surface area contributed by atoms with Crippen LogP contribution in [0.4, 0.5) is 4.39 Å². The Bertz CT molecular complexity index is 1020. The van der Waals surface area contributed by atoms with Crippen molar-refractivity contribution in [1.82, 2.24) is 20.2 Å². The number of halogens is 2. The van der Waals surface area contributed by atoms with Crippen LogP contribution in [0.15, 0.2) is 41.5 Å². The van der Waals surface area contributed by atoms with Gasteiger partial charge in [-0.15, -0.1) is 0 Å². The molecule has 1 aliphatic heterocycles. The molecule has 3 N–H and O–H groups in total. The first kappa shape index (κ1) is 20.5. The van der Waals surface area contributed by atoms with E-state index in [2.05, 4.69) is 15.3 Å². The van der Waals surface area contributed by atoms with Gasteiger partial charge in [-0.05, 0) is 11.6 Å². The van der Waals surface area contributed by atoms with Gasteiger partial charge in [0.05, 0.1) is 35.8 Å². The molecule has 10 heteroatoms. The van der Waals surface area contributed by atoms with Crippen LogP contribution >= 0.6 is 11.6 Å². The van der Waals surface area contributed by atoms with E-state index in [1.165, 1.54) is 17.0 Å². The molecule has 0 saturated carbocycles. The summed E-state index contributed by atoms with van der Waals surface area (Å²) >= 11 is 5.72. The molecule has 0 radical (unpaired) electrons. The van der Waals surface area contributed by atoms with Crippen LogP contribution in [0.1, 0.15) is 11.1 Å². The maximum absolute atomic E-state index is 13.9. The van der Waals surface area contributed by atoms with Crippen molar-refractivity contribution in [1.29, 1.82) is 0 Å². The van der Waals surface area contributed by atoms with Crippen LogP contribution < -0.4 is 10.9 Å². The van der Waals surface area contributed by atoms with Crippen molar-refractivity contribution < 1.29 is 19.1 Å². The molecule has 8 nitrogen and oxygen atoms in total. The van der Waals surface area contributed by atoms with Crippen molar-refractivity contribution in [3.63, 3.8) is 0 Å². The Kier molecular flexibility index (Phi) is 6.28. The van der Waals surface area contributed by atoms with Gasteiger partial charge in [0.1, 0.15) is 5.82 Å². The zero-order valence-corrected chi connectivity index (χ0v) is 15.9. The predicted octanol–water partition coefficient (Wildman–Crippen LogP) is 0.936. The number of H-pyrrole nitrogens is 1. The zero-order valence-electron chi connectivity index (χ0n) is 15.2. The van der Waals surface area contributed by atoms with Crippen LogP contribution in [0.25, 0.3) is 0 Å². The van der Waals surface area contributed by atoms with Crippen molar-refractivity contribution in [3.05, 3.63) is 69.0 Å². The van der Waals surface area contributed by atoms with Crippen molar-refractivity contribution in [2.24, 2.45) is 0 Å². The summed E-state index contributed by atoms with van der Waals surface area (Å²) in [5.74, 6) is -1.95. The molecule has 1 atom stereocenters. The van der Waals surface area contributed by atoms with Crippen LogP contribution in [-0.4, -0.2) is 50.9 Å². The molecule has 1 aromatic carbocycles. The molecule has 152 valence electrons. The summed E-state index contributed by atoms with van der Waals surface area (Å²) < 4.78 is 13.9. The Morgan fingerprint density at radius 1 is 1.38 bits per heavy atom. The third-order valence-electron chi connectivity index (χ3n) is 4.45. The molecule has 29 heavy (non-hydrogen) atoms. The number of aromatic hydroxyl groups is 1. The lowest BCUT2D eigenvalue weighted by molar-refractivity contribution is -0.131. The van der Waals surface area contributed by atoms with Gasteiger partial charge in [-0.1, -0.05) is 35.9 Å². The number of hydrogen-bond donors (Lipinski definition) is 3. The summed E-state index contributed by atoms with van der Waals surface area (Å²) in [6.45, 7) is 0.477. The van der Waals surface area contributed by atoms with Crippen molar-refractivity contribution >= 4 is 23.4 Å². The van der Waals surface area contributed by atoms with Crippen LogP contribution in [0, 0.1) is 5.82 Å². The molecule has 0 bridgehead atoms. The Morgan fingerprint density at radius 3 is 2.93 bits per heavy atom. The maximum atomic E-state index is 13.9. The fourth-order valence-corrected chi connectivity index (χ4v) is 3.17. The number of carbonyl (C=O) groups excluding carboxylic acids is 2. The average molecular weight is 421 g/mol. The summed E-state index contributed by atoms with van der Waals surface area (Å²) in [6, 6.07) is 3.97. The highest BCUT2D eigenvalue weighted by atomic mass is 35.5. The van der Waals surface area contributed by atoms with Gasteiger partial charge in [0.2, 0.25) is 17.7 Å². The van der Waals surface area contributed by atoms with Gasteiger partial charge in [-0.25, -0.2) is 9.37 Å². The molecule has 0 aliphatic carbocycles. The number of rotatable bonds is 5. The van der Waals surface area contributed by atoms with E-state index < -0.39 is 35.1 Å². The third kappa shape index (κ3) is 5.00. The Labute approximate surface area is 170 Å². The zero-order chi connectivity index (χ0) is 21.0. The largest absolute Gasteiger partial charge is 0.493 e. The van der Waals surface area contributed by atoms with E-state index in [-0.39, 0.29) is 35.5 Å². The second kappa shape index (κ2) is 8.87. The minimum atomic E-state index is -0.637. The van der Waals surface area contributed by atoms with E-state index in [1.54, 1.807) is 18.2 Å². The molecule has 1 aromatic heterocycles. The highest BCUT2D eigenvalue weighted by Crippen LogP contribution is 2.18. The lowest BCUT2D eigenvalue weighted by atomic mass is 10.1. The molecule has 1 unspecified atom stereocenters. The Hall–Kier alpha value is -3.20. The first-order chi connectivity index (χ1) is 13.8. The van der Waals surface area contributed by atoms with Gasteiger partial charge in [-0.2, -0.15) is 0 Å². The lowest BCUT2D eigenvalue weighted by Crippen LogP contribution is -2.48. The number of amides is 2. The van der Waals surface area contributed by atoms with Crippen LogP contribution in [0.3, 0.4) is 0 Å². The smallest absolute Gasteiger partial charge is 0.258 e. The number of benzene rings is 1. The normalized spacial score (nSPS) is 15.9. The van der Waals surface area contributed by atoms with Gasteiger partial charge in [0, 0.05) is 13.1 Å². The van der Waals surface area contributed by atoms with E-state index in [1.807, 2.05) is 0 Å². The van der Waals surface area contributed by atoms with E-state index in [0.717, 1.165) is 6.33 Å². The molecular weight excluding hydrogens is 403 g/mol. The van der Waals surface area contributed by atoms with Crippen LogP contribution in [0.5, 0.6) is 5.88 Å². The van der Waals surface area contributed by atoms with Crippen molar-refractivity contribution in [2.45, 2.75) is 18.9 Å². The van der Waals surface area contributed by atoms with Gasteiger partial charge in [0.15, 0.2) is 0 Å². The number of aromatic nitrogens is 2. The highest BCUT2D eigenvalue weighted by Gasteiger charge is 2.24. The molecule has 3 rings (SSSR count). The topological polar surface area (TPSA) is 115 Å². The molecule has 2 aromatic rings. The fourth-order valence-electron chi connectivity index (χ4n) is 2.98. The molecule has 1 aliphatic rings. The van der Waals surface area contributed by atoms with Gasteiger partial charge >= 0.3 is 0 Å². The number of nitrogens with one attached hydrogen (secondary N) is 2. The number of hydrogen-bond acceptors (Lipinski definition) is 5. The first-order valence-corrected chi connectivity index (χ1v) is 9.15. The predicted molar refractivity (Wildman–Crippen MR) is 103 cm³/mol. The number of aromatic amines is 1. The standard InChI is InChI=1S/C19H18ClFN4O4/c20-14-5-1-3-11(17(14)21)7-15(26)24-12-4-2-6-25(9-12)16(27)8-13-18(28)22-10-23-19(13)29/h1-5,10,12H,6-9H2,(H,24,26)(H2,22,23,28,29). The van der Waals surface area contributed by atoms with Crippen LogP contribution in [0.2, 0.25) is 5.02 Å². The molecular formula is C19H18ClFN4O4. The van der Waals surface area contributed by atoms with Gasteiger partial charge in [-0.3, -0.25) is 14.4 Å². The fraction of sp³-hybridized carbons (Fsp3) is 0.263. The third-order valence-corrected chi connectivity index (χ3v) is 4.74. The first-order valence-electron chi connectivity index (χ1n) is 8.77. The van der Waals surface area contributed by atoms with Crippen molar-refractivity contribution in [2.75, 3.05) is 13.1 Å². The summed E-state index contributed by atoms with van der Waals surface area (Å²) in [4.78, 5) is 43.8. The highest BCUT2D eigenvalue weighted by molar-refractivity contribution is 6.30. The average Bonchev–Trinajstić information content (AvgIpc) is 2.68. The maximum Gasteiger partial charge on any atom is 0.258 e. The van der Waals surface area contributed by atoms with E-state index in [9.17, 15) is 23.9 Å². The molecule has 2 amide bonds. The summed E-state index contributed by atoms with van der Waals surface area (Å²) in [5, 5.41) is 12.3. The molecule has 0 fully saturated rings. The summed E-state index contributed by atoms with van der Waals surface area (Å²) in [5.41, 5.74) is -0.537. The molecule has 0 saturated heterocycles. The van der Waals surface area contributed by atoms with Crippen molar-refractivity contribution in [3.8, 4) is 5.88 Å². The Morgan fingerprint density at radius 2 is 2.17 bits per heavy atom. The SMILES string of the molecule is O=C(Cc1cccc(Cl)c1F)NC1C=CCN(C(=O)Cc2c(O)nc[nH]c2=O)C1. The number of nitrogens with zero attached hydrogens (tertiary/aromatic N) is 2. The molecule has 2 heterocycles. The minimum Gasteiger partial charge on any atom is -0.493 e. The van der Waals surface area contributed by atoms with E-state index in [4.69, 9.17) is 11.6 Å². The quantitative estimate of drug-likeness (QED) is 0.622. The second-order valence-electron chi connectivity index (χ2n) is 6.50.